The summed E-state index contributed by atoms with van der Waals surface area (Å²) in [5, 5.41) is 8.12. The highest BCUT2D eigenvalue weighted by atomic mass is 35.5. The molecule has 0 aromatic carbocycles. The van der Waals surface area contributed by atoms with Crippen LogP contribution in [0.15, 0.2) is 11.0 Å². The third-order valence-corrected chi connectivity index (χ3v) is 4.47. The summed E-state index contributed by atoms with van der Waals surface area (Å²) in [6.45, 7) is 0. The van der Waals surface area contributed by atoms with E-state index in [4.69, 9.17) is 28.3 Å². The number of aliphatic carboxylic acids is 1. The van der Waals surface area contributed by atoms with Crippen LogP contribution in [0.25, 0.3) is 0 Å². The van der Waals surface area contributed by atoms with Crippen LogP contribution in [-0.4, -0.2) is 20.3 Å². The Bertz CT molecular complexity index is 367. The Hall–Kier alpha value is -0.320. The number of thioether (sulfide) groups is 1. The van der Waals surface area contributed by atoms with Crippen LogP contribution in [0.5, 0.6) is 0 Å². The normalized spacial score (nSPS) is 31.7. The minimum Gasteiger partial charge on any atom is -0.479 e. The number of nitrogens with one attached hydrogen (secondary N) is 1. The van der Waals surface area contributed by atoms with Gasteiger partial charge in [-0.3, -0.25) is 0 Å². The molecule has 0 bridgehead atoms. The number of H-pyrrole nitrogens is 1. The van der Waals surface area contributed by atoms with Crippen molar-refractivity contribution in [2.75, 3.05) is 0 Å². The Balaban J connectivity index is 2.44. The number of carboxylic acids is 1. The second kappa shape index (κ2) is 2.83. The lowest BCUT2D eigenvalue weighted by molar-refractivity contribution is -0.137. The molecule has 13 heavy (non-hydrogen) atoms. The van der Waals surface area contributed by atoms with E-state index in [2.05, 4.69) is 11.2 Å². The summed E-state index contributed by atoms with van der Waals surface area (Å²) in [5.41, 5.74) is 0.629. The predicted molar refractivity (Wildman–Crippen MR) is 50.3 cm³/mol. The van der Waals surface area contributed by atoms with Crippen molar-refractivity contribution in [3.8, 4) is 0 Å². The molecule has 0 amide bonds. The van der Waals surface area contributed by atoms with Crippen LogP contribution in [0.4, 0.5) is 0 Å². The van der Waals surface area contributed by atoms with Gasteiger partial charge in [-0.2, -0.15) is 0 Å². The van der Waals surface area contributed by atoms with E-state index in [-0.39, 0.29) is 0 Å². The Kier molecular flexibility index (Phi) is 2.02. The zero-order valence-corrected chi connectivity index (χ0v) is 8.50. The van der Waals surface area contributed by atoms with Crippen LogP contribution in [0, 0.1) is 6.20 Å². The van der Waals surface area contributed by atoms with Crippen molar-refractivity contribution in [3.63, 3.8) is 0 Å². The lowest BCUT2D eigenvalue weighted by Gasteiger charge is -2.17. The van der Waals surface area contributed by atoms with E-state index in [1.54, 1.807) is 6.07 Å². The van der Waals surface area contributed by atoms with Gasteiger partial charge in [-0.05, 0) is 6.07 Å². The van der Waals surface area contributed by atoms with E-state index < -0.39 is 15.6 Å². The van der Waals surface area contributed by atoms with Crippen molar-refractivity contribution in [1.82, 2.24) is 4.98 Å². The molecule has 0 saturated heterocycles. The summed E-state index contributed by atoms with van der Waals surface area (Å²) >= 11 is 12.8. The average Bonchev–Trinajstić information content (AvgIpc) is 2.57. The Morgan fingerprint density at radius 1 is 1.85 bits per heavy atom. The Labute approximate surface area is 88.4 Å². The van der Waals surface area contributed by atoms with Gasteiger partial charge in [-0.15, -0.1) is 11.6 Å². The summed E-state index contributed by atoms with van der Waals surface area (Å²) in [7, 11) is 0. The van der Waals surface area contributed by atoms with Crippen LogP contribution in [0.3, 0.4) is 0 Å². The summed E-state index contributed by atoms with van der Waals surface area (Å²) < 4.78 is -1.49. The number of rotatable bonds is 1. The SMILES string of the molecule is O=C(O)C1(Cl)Sc2c[c][nH]c2C1Cl. The van der Waals surface area contributed by atoms with Gasteiger partial charge in [0.25, 0.3) is 0 Å². The van der Waals surface area contributed by atoms with E-state index in [1.807, 2.05) is 0 Å². The molecule has 1 aliphatic rings. The number of alkyl halides is 2. The summed E-state index contributed by atoms with van der Waals surface area (Å²) in [6, 6.07) is 1.64. The second-order valence-corrected chi connectivity index (χ2v) is 5.15. The fourth-order valence-corrected chi connectivity index (χ4v) is 2.99. The molecule has 1 aromatic heterocycles. The van der Waals surface area contributed by atoms with Crippen LogP contribution in [0.1, 0.15) is 11.1 Å². The molecule has 0 aliphatic carbocycles. The Morgan fingerprint density at radius 2 is 2.54 bits per heavy atom. The number of fused-ring (bicyclic) bond motifs is 1. The largest absolute Gasteiger partial charge is 0.479 e. The molecule has 69 valence electrons. The lowest BCUT2D eigenvalue weighted by atomic mass is 10.2. The van der Waals surface area contributed by atoms with Gasteiger partial charge in [0.05, 0.1) is 11.9 Å². The van der Waals surface area contributed by atoms with Crippen LogP contribution >= 0.6 is 35.0 Å². The zero-order valence-electron chi connectivity index (χ0n) is 6.17. The predicted octanol–water partition coefficient (Wildman–Crippen LogP) is 2.22. The monoisotopic (exact) mass is 236 g/mol. The topological polar surface area (TPSA) is 53.1 Å². The highest BCUT2D eigenvalue weighted by Gasteiger charge is 2.52. The first-order chi connectivity index (χ1) is 6.05. The quantitative estimate of drug-likeness (QED) is 0.736. The molecular formula is C7H4Cl2NO2S. The Morgan fingerprint density at radius 3 is 3.08 bits per heavy atom. The van der Waals surface area contributed by atoms with Gasteiger partial charge in [0.1, 0.15) is 5.38 Å². The molecule has 2 N–H and O–H groups in total. The third-order valence-electron chi connectivity index (χ3n) is 1.81. The van der Waals surface area contributed by atoms with Gasteiger partial charge < -0.3 is 10.1 Å². The standard InChI is InChI=1S/C7H4Cl2NO2S/c8-5-4-3(1-2-10-4)13-7(5,9)6(11)12/h1,5,10H,(H,11,12). The molecule has 6 heteroatoms. The first kappa shape index (κ1) is 9.24. The molecule has 1 aliphatic heterocycles. The number of aromatic amines is 1. The molecule has 0 fully saturated rings. The highest BCUT2D eigenvalue weighted by Crippen LogP contribution is 2.57. The van der Waals surface area contributed by atoms with Crippen molar-refractivity contribution in [2.24, 2.45) is 0 Å². The number of carbonyl (C=O) groups is 1. The van der Waals surface area contributed by atoms with Crippen molar-refractivity contribution >= 4 is 40.9 Å². The van der Waals surface area contributed by atoms with E-state index in [0.29, 0.717) is 5.69 Å². The van der Waals surface area contributed by atoms with E-state index in [9.17, 15) is 4.79 Å². The van der Waals surface area contributed by atoms with Crippen molar-refractivity contribution in [1.29, 1.82) is 0 Å². The minimum atomic E-state index is -1.49. The van der Waals surface area contributed by atoms with Gasteiger partial charge in [0.15, 0.2) is 0 Å². The molecule has 0 saturated carbocycles. The molecular weight excluding hydrogens is 233 g/mol. The van der Waals surface area contributed by atoms with Crippen LogP contribution < -0.4 is 0 Å². The van der Waals surface area contributed by atoms with E-state index in [1.165, 1.54) is 0 Å². The fourth-order valence-electron chi connectivity index (χ4n) is 1.14. The number of carboxylic acid groups (broad SMARTS) is 1. The maximum atomic E-state index is 10.8. The van der Waals surface area contributed by atoms with E-state index in [0.717, 1.165) is 16.7 Å². The van der Waals surface area contributed by atoms with Crippen molar-refractivity contribution in [2.45, 2.75) is 14.5 Å². The zero-order chi connectivity index (χ0) is 9.64. The lowest BCUT2D eigenvalue weighted by Crippen LogP contribution is -2.29. The van der Waals surface area contributed by atoms with Gasteiger partial charge in [0.2, 0.25) is 4.21 Å². The minimum absolute atomic E-state index is 0.629. The maximum Gasteiger partial charge on any atom is 0.337 e. The fraction of sp³-hybridized carbons (Fsp3) is 0.286. The number of halogens is 2. The van der Waals surface area contributed by atoms with E-state index >= 15 is 0 Å². The summed E-state index contributed by atoms with van der Waals surface area (Å²) in [4.78, 5) is 14.3. The third kappa shape index (κ3) is 1.16. The smallest absolute Gasteiger partial charge is 0.337 e. The molecule has 3 nitrogen and oxygen atoms in total. The van der Waals surface area contributed by atoms with Gasteiger partial charge >= 0.3 is 5.97 Å². The molecule has 0 spiro atoms. The van der Waals surface area contributed by atoms with Gasteiger partial charge in [-0.25, -0.2) is 4.79 Å². The number of hydrogen-bond donors (Lipinski definition) is 2. The van der Waals surface area contributed by atoms with Crippen molar-refractivity contribution < 1.29 is 9.90 Å². The second-order valence-electron chi connectivity index (χ2n) is 2.61. The first-order valence-corrected chi connectivity index (χ1v) is 5.03. The molecule has 1 aromatic rings. The van der Waals surface area contributed by atoms with Crippen molar-refractivity contribution in [3.05, 3.63) is 18.0 Å². The summed E-state index contributed by atoms with van der Waals surface area (Å²) in [6.07, 6.45) is 2.73. The molecule has 2 heterocycles. The highest BCUT2D eigenvalue weighted by molar-refractivity contribution is 8.03. The average molecular weight is 237 g/mol. The van der Waals surface area contributed by atoms with Crippen LogP contribution in [-0.2, 0) is 4.79 Å². The molecule has 2 unspecified atom stereocenters. The van der Waals surface area contributed by atoms with Gasteiger partial charge in [0, 0.05) is 4.90 Å². The molecule has 2 atom stereocenters. The maximum absolute atomic E-state index is 10.8. The van der Waals surface area contributed by atoms with Crippen LogP contribution in [0.2, 0.25) is 0 Å². The molecule has 2 rings (SSSR count). The first-order valence-electron chi connectivity index (χ1n) is 3.40. The number of aromatic nitrogens is 1. The van der Waals surface area contributed by atoms with Gasteiger partial charge in [-0.1, -0.05) is 23.4 Å². The number of hydrogen-bond acceptors (Lipinski definition) is 2. The summed E-state index contributed by atoms with van der Waals surface area (Å²) in [5.74, 6) is -1.12. The molecule has 1 radical (unpaired) electrons.